The largest absolute Gasteiger partial charge is 0.489 e. The number of rotatable bonds is 8. The molecule has 0 aliphatic heterocycles. The molecule has 3 aromatic rings. The van der Waals surface area contributed by atoms with E-state index < -0.39 is 0 Å². The maximum absolute atomic E-state index is 13.2. The molecule has 2 heterocycles. The number of ether oxygens (including phenoxy) is 1. The van der Waals surface area contributed by atoms with E-state index in [4.69, 9.17) is 4.74 Å². The molecule has 0 amide bonds. The third kappa shape index (κ3) is 6.84. The van der Waals surface area contributed by atoms with Gasteiger partial charge in [-0.3, -0.25) is 4.40 Å². The van der Waals surface area contributed by atoms with Crippen LogP contribution in [0.25, 0.3) is 5.65 Å². The first kappa shape index (κ1) is 22.9. The van der Waals surface area contributed by atoms with Gasteiger partial charge in [-0.15, -0.1) is 34.2 Å². The first-order valence-corrected chi connectivity index (χ1v) is 9.38. The Hall–Kier alpha value is -2.43. The van der Waals surface area contributed by atoms with Gasteiger partial charge in [-0.1, -0.05) is 12.1 Å². The van der Waals surface area contributed by atoms with Crippen molar-refractivity contribution in [3.63, 3.8) is 0 Å². The van der Waals surface area contributed by atoms with Gasteiger partial charge in [-0.05, 0) is 38.1 Å². The van der Waals surface area contributed by atoms with Gasteiger partial charge in [0.2, 0.25) is 0 Å². The van der Waals surface area contributed by atoms with Crippen LogP contribution in [0.5, 0.6) is 5.75 Å². The van der Waals surface area contributed by atoms with Crippen LogP contribution in [0.3, 0.4) is 0 Å². The van der Waals surface area contributed by atoms with Gasteiger partial charge in [0.15, 0.2) is 11.6 Å². The lowest BCUT2D eigenvalue weighted by molar-refractivity contribution is 0.229. The molecule has 3 rings (SSSR count). The maximum atomic E-state index is 13.2. The van der Waals surface area contributed by atoms with Crippen molar-refractivity contribution in [2.24, 2.45) is 4.99 Å². The van der Waals surface area contributed by atoms with E-state index in [-0.39, 0.29) is 35.9 Å². The number of aliphatic imine (C=N–C) groups is 1. The van der Waals surface area contributed by atoms with Crippen LogP contribution in [0.4, 0.5) is 4.39 Å². The van der Waals surface area contributed by atoms with Gasteiger partial charge in [-0.2, -0.15) is 0 Å². The predicted molar refractivity (Wildman–Crippen MR) is 123 cm³/mol. The highest BCUT2D eigenvalue weighted by Gasteiger charge is 2.07. The monoisotopic (exact) mass is 512 g/mol. The van der Waals surface area contributed by atoms with Gasteiger partial charge in [0.1, 0.15) is 23.5 Å². The topological polar surface area (TPSA) is 75.8 Å². The zero-order valence-electron chi connectivity index (χ0n) is 16.5. The quantitative estimate of drug-likeness (QED) is 0.276. The fourth-order valence-corrected chi connectivity index (χ4v) is 2.73. The van der Waals surface area contributed by atoms with Gasteiger partial charge < -0.3 is 15.4 Å². The van der Waals surface area contributed by atoms with Crippen molar-refractivity contribution in [1.82, 2.24) is 25.2 Å². The average Bonchev–Trinajstić information content (AvgIpc) is 3.09. The van der Waals surface area contributed by atoms with Gasteiger partial charge >= 0.3 is 0 Å². The Balaban J connectivity index is 0.00000300. The summed E-state index contributed by atoms with van der Waals surface area (Å²) in [5.74, 6) is 1.77. The Morgan fingerprint density at radius 2 is 2.07 bits per heavy atom. The summed E-state index contributed by atoms with van der Waals surface area (Å²) in [6.07, 6.45) is 2.48. The Kier molecular flexibility index (Phi) is 9.10. The Morgan fingerprint density at radius 1 is 1.21 bits per heavy atom. The number of benzene rings is 1. The fraction of sp³-hybridized carbons (Fsp3) is 0.350. The summed E-state index contributed by atoms with van der Waals surface area (Å²) in [6.45, 7) is 5.77. The molecule has 0 radical (unpaired) electrons. The Labute approximate surface area is 186 Å². The number of pyridine rings is 1. The van der Waals surface area contributed by atoms with E-state index in [9.17, 15) is 4.39 Å². The van der Waals surface area contributed by atoms with Crippen molar-refractivity contribution in [2.45, 2.75) is 26.4 Å². The van der Waals surface area contributed by atoms with Crippen molar-refractivity contribution in [2.75, 3.05) is 19.6 Å². The summed E-state index contributed by atoms with van der Waals surface area (Å²) in [6, 6.07) is 11.9. The van der Waals surface area contributed by atoms with Crippen LogP contribution in [-0.4, -0.2) is 46.3 Å². The lowest BCUT2D eigenvalue weighted by Gasteiger charge is -2.15. The second-order valence-electron chi connectivity index (χ2n) is 6.33. The van der Waals surface area contributed by atoms with Gasteiger partial charge in [0.25, 0.3) is 0 Å². The van der Waals surface area contributed by atoms with E-state index in [0.29, 0.717) is 31.2 Å². The van der Waals surface area contributed by atoms with Crippen LogP contribution in [0.2, 0.25) is 0 Å². The summed E-state index contributed by atoms with van der Waals surface area (Å²) < 4.78 is 20.9. The van der Waals surface area contributed by atoms with E-state index in [1.54, 1.807) is 12.1 Å². The van der Waals surface area contributed by atoms with E-state index >= 15 is 0 Å². The van der Waals surface area contributed by atoms with Crippen molar-refractivity contribution in [1.29, 1.82) is 0 Å². The highest BCUT2D eigenvalue weighted by atomic mass is 127. The van der Waals surface area contributed by atoms with E-state index in [0.717, 1.165) is 18.0 Å². The summed E-state index contributed by atoms with van der Waals surface area (Å²) in [5.41, 5.74) is 0.835. The number of fused-ring (bicyclic) bond motifs is 1. The van der Waals surface area contributed by atoms with Crippen LogP contribution in [0, 0.1) is 5.82 Å². The molecule has 2 N–H and O–H groups in total. The van der Waals surface area contributed by atoms with Crippen LogP contribution in [0.15, 0.2) is 53.7 Å². The van der Waals surface area contributed by atoms with Gasteiger partial charge in [-0.25, -0.2) is 9.38 Å². The lowest BCUT2D eigenvalue weighted by atomic mass is 10.3. The second kappa shape index (κ2) is 11.5. The van der Waals surface area contributed by atoms with Crippen LogP contribution >= 0.6 is 24.0 Å². The summed E-state index contributed by atoms with van der Waals surface area (Å²) >= 11 is 0. The molecule has 0 aliphatic carbocycles. The van der Waals surface area contributed by atoms with E-state index in [2.05, 4.69) is 25.8 Å². The van der Waals surface area contributed by atoms with E-state index in [1.807, 2.05) is 42.6 Å². The molecule has 0 bridgehead atoms. The third-order valence-corrected chi connectivity index (χ3v) is 4.01. The van der Waals surface area contributed by atoms with E-state index in [1.165, 1.54) is 12.1 Å². The molecule has 7 nitrogen and oxygen atoms in total. The fourth-order valence-electron chi connectivity index (χ4n) is 2.73. The third-order valence-electron chi connectivity index (χ3n) is 4.01. The number of guanidine groups is 1. The SMILES string of the molecule is CCNC(=NCC(C)Oc1cccc(F)c1)NCCc1nnc2ccccn12.I. The molecule has 156 valence electrons. The van der Waals surface area contributed by atoms with Crippen LogP contribution in [-0.2, 0) is 6.42 Å². The minimum atomic E-state index is -0.316. The molecule has 2 aromatic heterocycles. The lowest BCUT2D eigenvalue weighted by Crippen LogP contribution is -2.39. The molecule has 1 aromatic carbocycles. The number of hydrogen-bond donors (Lipinski definition) is 2. The second-order valence-corrected chi connectivity index (χ2v) is 6.33. The van der Waals surface area contributed by atoms with Crippen molar-refractivity contribution in [3.05, 3.63) is 60.3 Å². The molecule has 1 atom stereocenters. The minimum Gasteiger partial charge on any atom is -0.489 e. The highest BCUT2D eigenvalue weighted by molar-refractivity contribution is 14.0. The molecule has 9 heteroatoms. The first-order valence-electron chi connectivity index (χ1n) is 9.38. The smallest absolute Gasteiger partial charge is 0.191 e. The average molecular weight is 512 g/mol. The molecular formula is C20H26FIN6O. The molecule has 0 aliphatic rings. The van der Waals surface area contributed by atoms with Gasteiger partial charge in [0.05, 0.1) is 6.54 Å². The minimum absolute atomic E-state index is 0. The van der Waals surface area contributed by atoms with Crippen LogP contribution < -0.4 is 15.4 Å². The molecule has 0 spiro atoms. The maximum Gasteiger partial charge on any atom is 0.191 e. The van der Waals surface area contributed by atoms with Crippen LogP contribution in [0.1, 0.15) is 19.7 Å². The standard InChI is InChI=1S/C20H25FN6O.HI/c1-3-22-20(24-14-15(2)28-17-8-6-7-16(21)13-17)23-11-10-19-26-25-18-9-4-5-12-27(18)19;/h4-9,12-13,15H,3,10-11,14H2,1-2H3,(H2,22,23,24);1H. The van der Waals surface area contributed by atoms with Crippen molar-refractivity contribution < 1.29 is 9.13 Å². The number of nitrogens with one attached hydrogen (secondary N) is 2. The number of hydrogen-bond acceptors (Lipinski definition) is 4. The zero-order valence-corrected chi connectivity index (χ0v) is 18.8. The summed E-state index contributed by atoms with van der Waals surface area (Å²) in [7, 11) is 0. The van der Waals surface area contributed by atoms with Gasteiger partial charge in [0, 0.05) is 31.8 Å². The molecule has 1 unspecified atom stereocenters. The summed E-state index contributed by atoms with van der Waals surface area (Å²) in [5, 5.41) is 14.9. The zero-order chi connectivity index (χ0) is 19.8. The first-order chi connectivity index (χ1) is 13.7. The normalized spacial score (nSPS) is 12.3. The number of nitrogens with zero attached hydrogens (tertiary/aromatic N) is 4. The molecule has 0 fully saturated rings. The summed E-state index contributed by atoms with van der Waals surface area (Å²) in [4.78, 5) is 4.55. The molecular weight excluding hydrogens is 486 g/mol. The Morgan fingerprint density at radius 3 is 2.86 bits per heavy atom. The molecule has 0 saturated carbocycles. The highest BCUT2D eigenvalue weighted by Crippen LogP contribution is 2.13. The van der Waals surface area contributed by atoms with Crippen molar-refractivity contribution >= 4 is 35.6 Å². The molecule has 0 saturated heterocycles. The van der Waals surface area contributed by atoms with Crippen molar-refractivity contribution in [3.8, 4) is 5.75 Å². The number of halogens is 2. The predicted octanol–water partition coefficient (Wildman–Crippen LogP) is 3.05. The Bertz CT molecular complexity index is 932. The molecule has 29 heavy (non-hydrogen) atoms. The number of aromatic nitrogens is 3.